The lowest BCUT2D eigenvalue weighted by molar-refractivity contribution is -0.124. The van der Waals surface area contributed by atoms with Crippen LogP contribution in [0, 0.1) is 0 Å². The first-order chi connectivity index (χ1) is 13.9. The minimum atomic E-state index is -3.66. The van der Waals surface area contributed by atoms with Crippen LogP contribution in [0.1, 0.15) is 29.6 Å². The zero-order chi connectivity index (χ0) is 20.9. The number of hydrogen-bond donors (Lipinski definition) is 3. The molecule has 1 aromatic carbocycles. The van der Waals surface area contributed by atoms with Gasteiger partial charge in [-0.25, -0.2) is 8.42 Å². The van der Waals surface area contributed by atoms with Crippen LogP contribution in [0.2, 0.25) is 0 Å². The van der Waals surface area contributed by atoms with Gasteiger partial charge in [-0.05, 0) is 48.9 Å². The van der Waals surface area contributed by atoms with E-state index in [1.165, 1.54) is 16.4 Å². The van der Waals surface area contributed by atoms with E-state index in [-0.39, 0.29) is 21.8 Å². The van der Waals surface area contributed by atoms with E-state index < -0.39 is 16.1 Å². The van der Waals surface area contributed by atoms with Crippen molar-refractivity contribution in [1.29, 1.82) is 0 Å². The van der Waals surface area contributed by atoms with Crippen molar-refractivity contribution in [3.05, 3.63) is 47.3 Å². The number of phenols is 1. The molecule has 2 aromatic rings. The molecule has 1 aliphatic rings. The van der Waals surface area contributed by atoms with Gasteiger partial charge in [0.1, 0.15) is 16.0 Å². The van der Waals surface area contributed by atoms with E-state index in [1.54, 1.807) is 29.6 Å². The van der Waals surface area contributed by atoms with Crippen LogP contribution in [-0.4, -0.2) is 55.3 Å². The fourth-order valence-electron chi connectivity index (χ4n) is 3.18. The van der Waals surface area contributed by atoms with Gasteiger partial charge in [0.05, 0.1) is 0 Å². The number of nitrogens with zero attached hydrogens (tertiary/aromatic N) is 1. The van der Waals surface area contributed by atoms with E-state index in [1.807, 2.05) is 0 Å². The summed E-state index contributed by atoms with van der Waals surface area (Å²) in [6.45, 7) is 0.998. The molecule has 0 spiro atoms. The van der Waals surface area contributed by atoms with Crippen molar-refractivity contribution in [2.45, 2.75) is 29.5 Å². The number of nitrogens with one attached hydrogen (secondary N) is 2. The number of sulfonamides is 1. The van der Waals surface area contributed by atoms with E-state index in [0.29, 0.717) is 44.5 Å². The molecule has 2 heterocycles. The van der Waals surface area contributed by atoms with E-state index >= 15 is 0 Å². The highest BCUT2D eigenvalue weighted by molar-refractivity contribution is 7.91. The van der Waals surface area contributed by atoms with Gasteiger partial charge in [-0.15, -0.1) is 11.3 Å². The van der Waals surface area contributed by atoms with Crippen LogP contribution >= 0.6 is 11.3 Å². The summed E-state index contributed by atoms with van der Waals surface area (Å²) in [5.41, 5.74) is 0.356. The van der Waals surface area contributed by atoms with Crippen molar-refractivity contribution < 1.29 is 23.1 Å². The van der Waals surface area contributed by atoms with Crippen LogP contribution in [0.15, 0.2) is 46.0 Å². The molecule has 156 valence electrons. The summed E-state index contributed by atoms with van der Waals surface area (Å²) in [5.74, 6) is -0.610. The Kier molecular flexibility index (Phi) is 6.88. The zero-order valence-electron chi connectivity index (χ0n) is 15.7. The van der Waals surface area contributed by atoms with E-state index in [0.717, 1.165) is 11.3 Å². The molecule has 8 nitrogen and oxygen atoms in total. The number of aromatic hydroxyl groups is 1. The van der Waals surface area contributed by atoms with Crippen LogP contribution in [-0.2, 0) is 14.8 Å². The Morgan fingerprint density at radius 1 is 1.17 bits per heavy atom. The second-order valence-corrected chi connectivity index (χ2v) is 9.72. The molecule has 29 heavy (non-hydrogen) atoms. The van der Waals surface area contributed by atoms with Crippen molar-refractivity contribution in [3.63, 3.8) is 0 Å². The minimum absolute atomic E-state index is 0.0172. The van der Waals surface area contributed by atoms with Crippen molar-refractivity contribution >= 4 is 33.2 Å². The Labute approximate surface area is 173 Å². The highest BCUT2D eigenvalue weighted by Gasteiger charge is 2.39. The van der Waals surface area contributed by atoms with Gasteiger partial charge < -0.3 is 15.7 Å². The third-order valence-corrected chi connectivity index (χ3v) is 7.89. The van der Waals surface area contributed by atoms with Crippen LogP contribution < -0.4 is 10.6 Å². The molecule has 2 amide bonds. The smallest absolute Gasteiger partial charge is 0.253 e. The number of hydrogen-bond acceptors (Lipinski definition) is 6. The standard InChI is InChI=1S/C19H23N3O5S2/c23-15-6-1-5-14(13-15)18(24)20-9-4-10-21-19(25)16-7-2-11-22(16)29(26,27)17-8-3-12-28-17/h1,3,5-6,8,12-13,16,23H,2,4,7,9-11H2,(H,20,24)(H,21,25). The first-order valence-electron chi connectivity index (χ1n) is 9.30. The van der Waals surface area contributed by atoms with Crippen LogP contribution in [0.3, 0.4) is 0 Å². The average Bonchev–Trinajstić information content (AvgIpc) is 3.39. The quantitative estimate of drug-likeness (QED) is 0.542. The molecular formula is C19H23N3O5S2. The third-order valence-electron chi connectivity index (χ3n) is 4.61. The zero-order valence-corrected chi connectivity index (χ0v) is 17.3. The number of rotatable bonds is 8. The average molecular weight is 438 g/mol. The maximum Gasteiger partial charge on any atom is 0.253 e. The van der Waals surface area contributed by atoms with Crippen molar-refractivity contribution in [2.75, 3.05) is 19.6 Å². The van der Waals surface area contributed by atoms with Gasteiger partial charge >= 0.3 is 0 Å². The highest BCUT2D eigenvalue weighted by atomic mass is 32.2. The maximum absolute atomic E-state index is 12.7. The first-order valence-corrected chi connectivity index (χ1v) is 11.6. The molecule has 1 aliphatic heterocycles. The molecule has 1 atom stereocenters. The van der Waals surface area contributed by atoms with Gasteiger partial charge in [0.2, 0.25) is 5.91 Å². The summed E-state index contributed by atoms with van der Waals surface area (Å²) in [7, 11) is -3.66. The SMILES string of the molecule is O=C(NCCCNC(=O)C1CCCN1S(=O)(=O)c1cccs1)c1cccc(O)c1. The summed E-state index contributed by atoms with van der Waals surface area (Å²) in [5, 5.41) is 16.6. The number of benzene rings is 1. The summed E-state index contributed by atoms with van der Waals surface area (Å²) < 4.78 is 26.9. The van der Waals surface area contributed by atoms with Crippen LogP contribution in [0.5, 0.6) is 5.75 Å². The number of phenolic OH excluding ortho intramolecular Hbond substituents is 1. The van der Waals surface area contributed by atoms with E-state index in [2.05, 4.69) is 10.6 Å². The second-order valence-electron chi connectivity index (χ2n) is 6.66. The van der Waals surface area contributed by atoms with Crippen LogP contribution in [0.4, 0.5) is 0 Å². The lowest BCUT2D eigenvalue weighted by atomic mass is 10.2. The maximum atomic E-state index is 12.7. The second kappa shape index (κ2) is 9.38. The molecule has 0 saturated carbocycles. The summed E-state index contributed by atoms with van der Waals surface area (Å²) in [6, 6.07) is 8.55. The van der Waals surface area contributed by atoms with Gasteiger partial charge in [0.25, 0.3) is 15.9 Å². The molecule has 0 bridgehead atoms. The van der Waals surface area contributed by atoms with E-state index in [9.17, 15) is 23.1 Å². The topological polar surface area (TPSA) is 116 Å². The normalized spacial score (nSPS) is 17.2. The molecule has 1 aromatic heterocycles. The Balaban J connectivity index is 1.45. The molecular weight excluding hydrogens is 414 g/mol. The fraction of sp³-hybridized carbons (Fsp3) is 0.368. The fourth-order valence-corrected chi connectivity index (χ4v) is 5.96. The van der Waals surface area contributed by atoms with Crippen LogP contribution in [0.25, 0.3) is 0 Å². The van der Waals surface area contributed by atoms with Crippen molar-refractivity contribution in [2.24, 2.45) is 0 Å². The number of carbonyl (C=O) groups is 2. The molecule has 1 saturated heterocycles. The number of amides is 2. The monoisotopic (exact) mass is 437 g/mol. The Hall–Kier alpha value is -2.43. The molecule has 3 N–H and O–H groups in total. The molecule has 1 fully saturated rings. The predicted molar refractivity (Wildman–Crippen MR) is 109 cm³/mol. The highest BCUT2D eigenvalue weighted by Crippen LogP contribution is 2.28. The van der Waals surface area contributed by atoms with Gasteiger partial charge in [-0.2, -0.15) is 4.31 Å². The van der Waals surface area contributed by atoms with Gasteiger partial charge in [-0.3, -0.25) is 9.59 Å². The Morgan fingerprint density at radius 3 is 2.69 bits per heavy atom. The summed E-state index contributed by atoms with van der Waals surface area (Å²) in [6.07, 6.45) is 1.63. The summed E-state index contributed by atoms with van der Waals surface area (Å²) in [4.78, 5) is 24.5. The van der Waals surface area contributed by atoms with Gasteiger partial charge in [0.15, 0.2) is 0 Å². The van der Waals surface area contributed by atoms with Crippen molar-refractivity contribution in [1.82, 2.24) is 14.9 Å². The van der Waals surface area contributed by atoms with Gasteiger partial charge in [0, 0.05) is 25.2 Å². The molecule has 1 unspecified atom stereocenters. The molecule has 0 radical (unpaired) electrons. The lowest BCUT2D eigenvalue weighted by Gasteiger charge is -2.22. The van der Waals surface area contributed by atoms with E-state index in [4.69, 9.17) is 0 Å². The lowest BCUT2D eigenvalue weighted by Crippen LogP contribution is -2.46. The molecule has 3 rings (SSSR count). The first kappa shape index (κ1) is 21.3. The van der Waals surface area contributed by atoms with Gasteiger partial charge in [-0.1, -0.05) is 12.1 Å². The third kappa shape index (κ3) is 5.14. The minimum Gasteiger partial charge on any atom is -0.508 e. The Bertz CT molecular complexity index is 960. The Morgan fingerprint density at radius 2 is 1.97 bits per heavy atom. The largest absolute Gasteiger partial charge is 0.508 e. The summed E-state index contributed by atoms with van der Waals surface area (Å²) >= 11 is 1.14. The number of thiophene rings is 1. The molecule has 0 aliphatic carbocycles. The van der Waals surface area contributed by atoms with Crippen molar-refractivity contribution in [3.8, 4) is 5.75 Å². The predicted octanol–water partition coefficient (Wildman–Crippen LogP) is 1.54. The molecule has 10 heteroatoms. The number of carbonyl (C=O) groups excluding carboxylic acids is 2.